The van der Waals surface area contributed by atoms with Crippen LogP contribution in [0.2, 0.25) is 0 Å². The Bertz CT molecular complexity index is 122. The Balaban J connectivity index is -0.000000218. The molecule has 0 N–H and O–H groups in total. The van der Waals surface area contributed by atoms with Gasteiger partial charge in [-0.1, -0.05) is 47.0 Å². The summed E-state index contributed by atoms with van der Waals surface area (Å²) < 4.78 is 0. The standard InChI is InChI=1S/C8H14N.2C2H6.CH3.Y/c1-7-6-9-5-4-8(7)2-3-8;2*1-2;;/h7H,2-6H2,1H3;2*1-2H3;1H3;/q-1;;;-1;. The van der Waals surface area contributed by atoms with E-state index in [1.54, 1.807) is 0 Å². The van der Waals surface area contributed by atoms with Gasteiger partial charge < -0.3 is 12.7 Å². The van der Waals surface area contributed by atoms with Gasteiger partial charge in [0, 0.05) is 32.7 Å². The molecule has 2 rings (SSSR count). The minimum absolute atomic E-state index is 0. The van der Waals surface area contributed by atoms with Gasteiger partial charge in [-0.05, 0) is 18.3 Å². The SMILES string of the molecule is CC.CC.CC1C[N-]CCC12CC2.[CH3-].[Y]. The molecule has 0 bridgehead atoms. The van der Waals surface area contributed by atoms with Gasteiger partial charge in [0.25, 0.3) is 0 Å². The van der Waals surface area contributed by atoms with Crippen LogP contribution in [0.5, 0.6) is 0 Å². The molecular formula is C13H29NY-2. The van der Waals surface area contributed by atoms with Crippen molar-refractivity contribution >= 4 is 0 Å². The van der Waals surface area contributed by atoms with Crippen molar-refractivity contribution in [1.82, 2.24) is 0 Å². The Kier molecular flexibility index (Phi) is 16.4. The van der Waals surface area contributed by atoms with Crippen LogP contribution in [-0.4, -0.2) is 13.1 Å². The van der Waals surface area contributed by atoms with Crippen molar-refractivity contribution in [3.63, 3.8) is 0 Å². The van der Waals surface area contributed by atoms with E-state index in [1.165, 1.54) is 19.3 Å². The molecule has 1 atom stereocenters. The number of hydrogen-bond acceptors (Lipinski definition) is 0. The molecule has 1 nitrogen and oxygen atoms in total. The molecular weight excluding hydrogens is 259 g/mol. The van der Waals surface area contributed by atoms with E-state index >= 15 is 0 Å². The van der Waals surface area contributed by atoms with E-state index in [2.05, 4.69) is 12.2 Å². The summed E-state index contributed by atoms with van der Waals surface area (Å²) in [5.74, 6) is 0.895. The van der Waals surface area contributed by atoms with Gasteiger partial charge in [-0.2, -0.15) is 0 Å². The van der Waals surface area contributed by atoms with E-state index in [-0.39, 0.29) is 40.1 Å². The molecule has 0 amide bonds. The van der Waals surface area contributed by atoms with Crippen LogP contribution >= 0.6 is 0 Å². The van der Waals surface area contributed by atoms with Crippen molar-refractivity contribution in [2.24, 2.45) is 11.3 Å². The third-order valence-electron chi connectivity index (χ3n) is 3.11. The molecule has 1 aliphatic heterocycles. The quantitative estimate of drug-likeness (QED) is 0.575. The van der Waals surface area contributed by atoms with Crippen LogP contribution in [0.3, 0.4) is 0 Å². The third-order valence-corrected chi connectivity index (χ3v) is 3.11. The summed E-state index contributed by atoms with van der Waals surface area (Å²) in [5.41, 5.74) is 0.793. The first-order valence-corrected chi connectivity index (χ1v) is 5.97. The van der Waals surface area contributed by atoms with Crippen molar-refractivity contribution in [3.8, 4) is 0 Å². The van der Waals surface area contributed by atoms with Crippen LogP contribution < -0.4 is 0 Å². The van der Waals surface area contributed by atoms with E-state index in [4.69, 9.17) is 0 Å². The Hall–Kier alpha value is 1.06. The summed E-state index contributed by atoms with van der Waals surface area (Å²) in [6.07, 6.45) is 4.36. The molecule has 0 aromatic rings. The van der Waals surface area contributed by atoms with Crippen molar-refractivity contribution < 1.29 is 32.7 Å². The average Bonchev–Trinajstić information content (AvgIpc) is 2.98. The number of rotatable bonds is 0. The van der Waals surface area contributed by atoms with Crippen LogP contribution in [0.15, 0.2) is 0 Å². The first-order valence-electron chi connectivity index (χ1n) is 5.97. The molecule has 2 fully saturated rings. The Morgan fingerprint density at radius 3 is 1.73 bits per heavy atom. The number of nitrogens with zero attached hydrogens (tertiary/aromatic N) is 1. The first-order chi connectivity index (χ1) is 6.33. The maximum absolute atomic E-state index is 4.39. The summed E-state index contributed by atoms with van der Waals surface area (Å²) >= 11 is 0. The maximum atomic E-state index is 4.39. The molecule has 1 spiro atoms. The second kappa shape index (κ2) is 11.5. The summed E-state index contributed by atoms with van der Waals surface area (Å²) in [4.78, 5) is 0. The third kappa shape index (κ3) is 6.39. The van der Waals surface area contributed by atoms with Crippen molar-refractivity contribution in [2.75, 3.05) is 13.1 Å². The van der Waals surface area contributed by atoms with Crippen LogP contribution in [-0.2, 0) is 32.7 Å². The Labute approximate surface area is 123 Å². The minimum Gasteiger partial charge on any atom is -0.662 e. The van der Waals surface area contributed by atoms with Gasteiger partial charge in [-0.25, -0.2) is 0 Å². The van der Waals surface area contributed by atoms with Crippen LogP contribution in [0.1, 0.15) is 53.9 Å². The zero-order valence-electron chi connectivity index (χ0n) is 11.6. The fourth-order valence-electron chi connectivity index (χ4n) is 1.93. The molecule has 1 saturated heterocycles. The molecule has 15 heavy (non-hydrogen) atoms. The van der Waals surface area contributed by atoms with Crippen LogP contribution in [0, 0.1) is 18.8 Å². The van der Waals surface area contributed by atoms with Gasteiger partial charge >= 0.3 is 0 Å². The molecule has 1 aliphatic carbocycles. The minimum atomic E-state index is 0. The van der Waals surface area contributed by atoms with E-state index in [0.29, 0.717) is 0 Å². The zero-order chi connectivity index (χ0) is 10.3. The smallest absolute Gasteiger partial charge is 0 e. The van der Waals surface area contributed by atoms with E-state index in [0.717, 1.165) is 24.4 Å². The van der Waals surface area contributed by atoms with Crippen molar-refractivity contribution in [3.05, 3.63) is 12.7 Å². The largest absolute Gasteiger partial charge is 0.662 e. The second-order valence-electron chi connectivity index (χ2n) is 3.64. The van der Waals surface area contributed by atoms with E-state index < -0.39 is 0 Å². The van der Waals surface area contributed by atoms with Gasteiger partial charge in [0.2, 0.25) is 0 Å². The molecule has 1 heterocycles. The average molecular weight is 288 g/mol. The number of piperidine rings is 1. The van der Waals surface area contributed by atoms with E-state index in [1.807, 2.05) is 27.7 Å². The normalized spacial score (nSPS) is 24.2. The van der Waals surface area contributed by atoms with Gasteiger partial charge in [0.1, 0.15) is 0 Å². The molecule has 1 unspecified atom stereocenters. The predicted octanol–water partition coefficient (Wildman–Crippen LogP) is 4.68. The van der Waals surface area contributed by atoms with Crippen LogP contribution in [0.25, 0.3) is 5.32 Å². The molecule has 1 saturated carbocycles. The fourth-order valence-corrected chi connectivity index (χ4v) is 1.93. The summed E-state index contributed by atoms with van der Waals surface area (Å²) in [6, 6.07) is 0. The molecule has 91 valence electrons. The molecule has 0 aromatic heterocycles. The van der Waals surface area contributed by atoms with Crippen molar-refractivity contribution in [2.45, 2.75) is 53.9 Å². The van der Waals surface area contributed by atoms with Gasteiger partial charge in [-0.3, -0.25) is 0 Å². The zero-order valence-corrected chi connectivity index (χ0v) is 14.5. The first kappa shape index (κ1) is 21.4. The predicted molar refractivity (Wildman–Crippen MR) is 67.7 cm³/mol. The van der Waals surface area contributed by atoms with Gasteiger partial charge in [-0.15, -0.1) is 13.1 Å². The molecule has 1 radical (unpaired) electrons. The molecule has 0 aromatic carbocycles. The monoisotopic (exact) mass is 288 g/mol. The van der Waals surface area contributed by atoms with E-state index in [9.17, 15) is 0 Å². The second-order valence-corrected chi connectivity index (χ2v) is 3.64. The van der Waals surface area contributed by atoms with Gasteiger partial charge in [0.15, 0.2) is 0 Å². The van der Waals surface area contributed by atoms with Crippen molar-refractivity contribution in [1.29, 1.82) is 0 Å². The Morgan fingerprint density at radius 1 is 1.00 bits per heavy atom. The summed E-state index contributed by atoms with van der Waals surface area (Å²) in [5, 5.41) is 4.39. The summed E-state index contributed by atoms with van der Waals surface area (Å²) in [7, 11) is 0. The van der Waals surface area contributed by atoms with Gasteiger partial charge in [0.05, 0.1) is 0 Å². The molecule has 2 heteroatoms. The maximum Gasteiger partial charge on any atom is 0 e. The fraction of sp³-hybridized carbons (Fsp3) is 0.923. The van der Waals surface area contributed by atoms with Crippen LogP contribution in [0.4, 0.5) is 0 Å². The number of hydrogen-bond donors (Lipinski definition) is 0. The molecule has 2 aliphatic rings. The summed E-state index contributed by atoms with van der Waals surface area (Å²) in [6.45, 7) is 12.6. The topological polar surface area (TPSA) is 14.1 Å². The Morgan fingerprint density at radius 2 is 1.47 bits per heavy atom.